The lowest BCUT2D eigenvalue weighted by Crippen LogP contribution is -2.56. The first-order valence-electron chi connectivity index (χ1n) is 7.67. The predicted molar refractivity (Wildman–Crippen MR) is 88.9 cm³/mol. The third kappa shape index (κ3) is 5.26. The minimum absolute atomic E-state index is 0.0893. The van der Waals surface area contributed by atoms with Gasteiger partial charge in [0, 0.05) is 18.0 Å². The molecular weight excluding hydrogens is 298 g/mol. The lowest BCUT2D eigenvalue weighted by molar-refractivity contribution is -0.125. The van der Waals surface area contributed by atoms with Crippen LogP contribution in [0.3, 0.4) is 0 Å². The second-order valence-electron chi connectivity index (χ2n) is 5.45. The smallest absolute Gasteiger partial charge is 0.315 e. The summed E-state index contributed by atoms with van der Waals surface area (Å²) in [6.07, 6.45) is 1.78. The van der Waals surface area contributed by atoms with E-state index in [1.54, 1.807) is 11.8 Å². The second-order valence-corrected chi connectivity index (χ2v) is 6.62. The molecule has 1 saturated heterocycles. The molecule has 120 valence electrons. The zero-order valence-corrected chi connectivity index (χ0v) is 13.6. The molecule has 1 aromatic carbocycles. The standard InChI is InChI=1S/C16H23N3O2S/c1-12-8-10-17-15(20)14(12)19-16(21)18-9-5-11-22-13-6-3-2-4-7-13/h2-4,6-7,12,14H,5,8-11H2,1H3,(H,17,20)(H2,18,19,21)/t12-,14-/m1/s1. The van der Waals surface area contributed by atoms with Gasteiger partial charge in [-0.1, -0.05) is 25.1 Å². The van der Waals surface area contributed by atoms with Crippen molar-refractivity contribution in [2.24, 2.45) is 5.92 Å². The third-order valence-corrected chi connectivity index (χ3v) is 4.75. The molecule has 0 aliphatic carbocycles. The summed E-state index contributed by atoms with van der Waals surface area (Å²) in [7, 11) is 0. The van der Waals surface area contributed by atoms with Crippen LogP contribution in [0.25, 0.3) is 0 Å². The lowest BCUT2D eigenvalue weighted by atomic mass is 9.94. The van der Waals surface area contributed by atoms with Gasteiger partial charge < -0.3 is 16.0 Å². The Morgan fingerprint density at radius 1 is 1.36 bits per heavy atom. The van der Waals surface area contributed by atoms with E-state index in [0.717, 1.165) is 18.6 Å². The number of hydrogen-bond donors (Lipinski definition) is 3. The number of hydrogen-bond acceptors (Lipinski definition) is 3. The number of carbonyl (C=O) groups excluding carboxylic acids is 2. The topological polar surface area (TPSA) is 70.2 Å². The molecule has 3 amide bonds. The van der Waals surface area contributed by atoms with Gasteiger partial charge in [0.2, 0.25) is 5.91 Å². The summed E-state index contributed by atoms with van der Waals surface area (Å²) in [5, 5.41) is 8.35. The van der Waals surface area contributed by atoms with E-state index < -0.39 is 6.04 Å². The van der Waals surface area contributed by atoms with Gasteiger partial charge in [0.25, 0.3) is 0 Å². The van der Waals surface area contributed by atoms with Gasteiger partial charge in [-0.25, -0.2) is 4.79 Å². The lowest BCUT2D eigenvalue weighted by Gasteiger charge is -2.28. The average molecular weight is 321 g/mol. The highest BCUT2D eigenvalue weighted by atomic mass is 32.2. The van der Waals surface area contributed by atoms with Crippen LogP contribution in [0.2, 0.25) is 0 Å². The van der Waals surface area contributed by atoms with Crippen molar-refractivity contribution in [2.45, 2.75) is 30.7 Å². The molecule has 1 aliphatic heterocycles. The third-order valence-electron chi connectivity index (χ3n) is 3.66. The van der Waals surface area contributed by atoms with Gasteiger partial charge in [0.05, 0.1) is 0 Å². The molecule has 0 radical (unpaired) electrons. The maximum atomic E-state index is 11.8. The number of piperidine rings is 1. The van der Waals surface area contributed by atoms with Crippen LogP contribution < -0.4 is 16.0 Å². The zero-order valence-electron chi connectivity index (χ0n) is 12.8. The van der Waals surface area contributed by atoms with E-state index >= 15 is 0 Å². The molecule has 1 aliphatic rings. The van der Waals surface area contributed by atoms with Crippen LogP contribution in [0.5, 0.6) is 0 Å². The van der Waals surface area contributed by atoms with E-state index in [1.165, 1.54) is 4.90 Å². The van der Waals surface area contributed by atoms with Crippen molar-refractivity contribution in [3.63, 3.8) is 0 Å². The Kier molecular flexibility index (Phi) is 6.58. The Hall–Kier alpha value is -1.69. The van der Waals surface area contributed by atoms with Crippen molar-refractivity contribution in [2.75, 3.05) is 18.8 Å². The van der Waals surface area contributed by atoms with E-state index in [1.807, 2.05) is 25.1 Å². The van der Waals surface area contributed by atoms with Gasteiger partial charge in [-0.2, -0.15) is 0 Å². The molecule has 0 bridgehead atoms. The summed E-state index contributed by atoms with van der Waals surface area (Å²) in [6.45, 7) is 3.28. The number of nitrogens with one attached hydrogen (secondary N) is 3. The Balaban J connectivity index is 1.60. The van der Waals surface area contributed by atoms with E-state index in [-0.39, 0.29) is 17.9 Å². The monoisotopic (exact) mass is 321 g/mol. The SMILES string of the molecule is C[C@@H]1CCNC(=O)[C@@H]1NC(=O)NCCCSc1ccccc1. The number of amides is 3. The van der Waals surface area contributed by atoms with Gasteiger partial charge in [-0.3, -0.25) is 4.79 Å². The maximum absolute atomic E-state index is 11.8. The van der Waals surface area contributed by atoms with Gasteiger partial charge in [0.1, 0.15) is 6.04 Å². The Morgan fingerprint density at radius 2 is 2.14 bits per heavy atom. The van der Waals surface area contributed by atoms with Crippen LogP contribution in [-0.4, -0.2) is 36.8 Å². The van der Waals surface area contributed by atoms with Crippen LogP contribution in [0.4, 0.5) is 4.79 Å². The Morgan fingerprint density at radius 3 is 2.86 bits per heavy atom. The minimum atomic E-state index is -0.424. The highest BCUT2D eigenvalue weighted by Gasteiger charge is 2.29. The molecule has 0 aromatic heterocycles. The van der Waals surface area contributed by atoms with Gasteiger partial charge in [-0.05, 0) is 36.6 Å². The minimum Gasteiger partial charge on any atom is -0.354 e. The van der Waals surface area contributed by atoms with Crippen molar-refractivity contribution in [3.05, 3.63) is 30.3 Å². The maximum Gasteiger partial charge on any atom is 0.315 e. The summed E-state index contributed by atoms with van der Waals surface area (Å²) >= 11 is 1.77. The van der Waals surface area contributed by atoms with Crippen molar-refractivity contribution in [1.29, 1.82) is 0 Å². The molecule has 5 nitrogen and oxygen atoms in total. The van der Waals surface area contributed by atoms with Crippen molar-refractivity contribution >= 4 is 23.7 Å². The first kappa shape index (κ1) is 16.7. The molecule has 2 rings (SSSR count). The molecule has 0 saturated carbocycles. The van der Waals surface area contributed by atoms with Crippen LogP contribution in [0.1, 0.15) is 19.8 Å². The summed E-state index contributed by atoms with van der Waals surface area (Å²) in [5.74, 6) is 1.03. The average Bonchev–Trinajstić information content (AvgIpc) is 2.52. The molecule has 22 heavy (non-hydrogen) atoms. The first-order chi connectivity index (χ1) is 10.7. The van der Waals surface area contributed by atoms with E-state index in [0.29, 0.717) is 13.1 Å². The highest BCUT2D eigenvalue weighted by molar-refractivity contribution is 7.99. The van der Waals surface area contributed by atoms with Crippen molar-refractivity contribution in [1.82, 2.24) is 16.0 Å². The Labute approximate surface area is 135 Å². The van der Waals surface area contributed by atoms with E-state index in [4.69, 9.17) is 0 Å². The van der Waals surface area contributed by atoms with Crippen LogP contribution in [-0.2, 0) is 4.79 Å². The molecule has 3 N–H and O–H groups in total. The van der Waals surface area contributed by atoms with E-state index in [2.05, 4.69) is 28.1 Å². The molecule has 1 heterocycles. The van der Waals surface area contributed by atoms with Crippen LogP contribution in [0, 0.1) is 5.92 Å². The first-order valence-corrected chi connectivity index (χ1v) is 8.65. The highest BCUT2D eigenvalue weighted by Crippen LogP contribution is 2.17. The fraction of sp³-hybridized carbons (Fsp3) is 0.500. The molecule has 0 unspecified atom stereocenters. The molecule has 2 atom stereocenters. The molecule has 1 aromatic rings. The van der Waals surface area contributed by atoms with Crippen LogP contribution >= 0.6 is 11.8 Å². The van der Waals surface area contributed by atoms with Gasteiger partial charge >= 0.3 is 6.03 Å². The fourth-order valence-electron chi connectivity index (χ4n) is 2.34. The van der Waals surface area contributed by atoms with E-state index in [9.17, 15) is 9.59 Å². The van der Waals surface area contributed by atoms with Crippen molar-refractivity contribution < 1.29 is 9.59 Å². The number of carbonyl (C=O) groups is 2. The Bertz CT molecular complexity index is 495. The summed E-state index contributed by atoms with van der Waals surface area (Å²) in [4.78, 5) is 24.8. The number of rotatable bonds is 6. The predicted octanol–water partition coefficient (Wildman–Crippen LogP) is 1.99. The molecule has 6 heteroatoms. The van der Waals surface area contributed by atoms with Crippen molar-refractivity contribution in [3.8, 4) is 0 Å². The quantitative estimate of drug-likeness (QED) is 0.554. The molecular formula is C16H23N3O2S. The normalized spacial score (nSPS) is 21.0. The number of benzene rings is 1. The van der Waals surface area contributed by atoms with Crippen LogP contribution in [0.15, 0.2) is 35.2 Å². The number of urea groups is 1. The van der Waals surface area contributed by atoms with Gasteiger partial charge in [0.15, 0.2) is 0 Å². The zero-order chi connectivity index (χ0) is 15.8. The molecule has 1 fully saturated rings. The summed E-state index contributed by atoms with van der Waals surface area (Å²) < 4.78 is 0. The van der Waals surface area contributed by atoms with Gasteiger partial charge in [-0.15, -0.1) is 11.8 Å². The number of thioether (sulfide) groups is 1. The molecule has 0 spiro atoms. The summed E-state index contributed by atoms with van der Waals surface area (Å²) in [5.41, 5.74) is 0. The summed E-state index contributed by atoms with van der Waals surface area (Å²) in [6, 6.07) is 9.50. The second kappa shape index (κ2) is 8.68. The largest absolute Gasteiger partial charge is 0.354 e. The fourth-order valence-corrected chi connectivity index (χ4v) is 3.21.